The Balaban J connectivity index is 2.19. The van der Waals surface area contributed by atoms with Gasteiger partial charge in [0.15, 0.2) is 5.82 Å². The van der Waals surface area contributed by atoms with Crippen LogP contribution < -0.4 is 10.6 Å². The number of hydrogen-bond acceptors (Lipinski definition) is 6. The largest absolute Gasteiger partial charge is 0.396 e. The molecule has 1 saturated heterocycles. The standard InChI is InChI=1S/C13H18N6O/c14-4-1-5-19-12(16)11(8-15)13(17-19)18-6-2-10(9-20)3-7-18/h10,20H,1-3,5-7,9,16H2. The van der Waals surface area contributed by atoms with Gasteiger partial charge in [-0.05, 0) is 18.8 Å². The van der Waals surface area contributed by atoms with E-state index >= 15 is 0 Å². The van der Waals surface area contributed by atoms with Gasteiger partial charge in [-0.25, -0.2) is 4.68 Å². The number of aliphatic hydroxyl groups is 1. The molecule has 1 aliphatic heterocycles. The van der Waals surface area contributed by atoms with Gasteiger partial charge in [0.05, 0.1) is 19.0 Å². The van der Waals surface area contributed by atoms with Crippen molar-refractivity contribution in [1.82, 2.24) is 9.78 Å². The number of piperidine rings is 1. The summed E-state index contributed by atoms with van der Waals surface area (Å²) >= 11 is 0. The van der Waals surface area contributed by atoms with Gasteiger partial charge < -0.3 is 15.7 Å². The van der Waals surface area contributed by atoms with Crippen LogP contribution in [0.4, 0.5) is 11.6 Å². The second-order valence-corrected chi connectivity index (χ2v) is 4.94. The highest BCUT2D eigenvalue weighted by molar-refractivity contribution is 5.65. The van der Waals surface area contributed by atoms with Crippen molar-refractivity contribution in [2.45, 2.75) is 25.8 Å². The highest BCUT2D eigenvalue weighted by atomic mass is 16.3. The van der Waals surface area contributed by atoms with E-state index in [4.69, 9.17) is 16.1 Å². The number of aromatic nitrogens is 2. The van der Waals surface area contributed by atoms with Gasteiger partial charge in [-0.3, -0.25) is 0 Å². The van der Waals surface area contributed by atoms with Crippen molar-refractivity contribution in [2.75, 3.05) is 30.3 Å². The van der Waals surface area contributed by atoms with E-state index in [9.17, 15) is 5.26 Å². The zero-order valence-electron chi connectivity index (χ0n) is 11.3. The minimum Gasteiger partial charge on any atom is -0.396 e. The summed E-state index contributed by atoms with van der Waals surface area (Å²) in [4.78, 5) is 2.03. The number of hydrogen-bond donors (Lipinski definition) is 2. The van der Waals surface area contributed by atoms with Gasteiger partial charge in [-0.1, -0.05) is 0 Å². The Hall–Kier alpha value is -2.25. The molecule has 0 aliphatic carbocycles. The maximum Gasteiger partial charge on any atom is 0.170 e. The molecule has 0 radical (unpaired) electrons. The second-order valence-electron chi connectivity index (χ2n) is 4.94. The van der Waals surface area contributed by atoms with Crippen molar-refractivity contribution >= 4 is 11.6 Å². The molecule has 0 saturated carbocycles. The fourth-order valence-electron chi connectivity index (χ4n) is 2.44. The quantitative estimate of drug-likeness (QED) is 0.824. The molecule has 1 aromatic rings. The maximum absolute atomic E-state index is 9.25. The number of nitrogen functional groups attached to an aromatic ring is 1. The van der Waals surface area contributed by atoms with Crippen LogP contribution >= 0.6 is 0 Å². The molecule has 0 aromatic carbocycles. The molecule has 3 N–H and O–H groups in total. The van der Waals surface area contributed by atoms with Crippen molar-refractivity contribution in [1.29, 1.82) is 10.5 Å². The average Bonchev–Trinajstić information content (AvgIpc) is 2.81. The first-order valence-electron chi connectivity index (χ1n) is 6.70. The van der Waals surface area contributed by atoms with Crippen LogP contribution in [0.2, 0.25) is 0 Å². The molecule has 2 rings (SSSR count). The van der Waals surface area contributed by atoms with Crippen molar-refractivity contribution in [3.05, 3.63) is 5.56 Å². The molecule has 1 aromatic heterocycles. The monoisotopic (exact) mass is 274 g/mol. The Kier molecular flexibility index (Phi) is 4.44. The van der Waals surface area contributed by atoms with Crippen molar-refractivity contribution in [3.63, 3.8) is 0 Å². The Morgan fingerprint density at radius 1 is 1.35 bits per heavy atom. The third-order valence-corrected chi connectivity index (χ3v) is 3.69. The lowest BCUT2D eigenvalue weighted by Gasteiger charge is -2.31. The third kappa shape index (κ3) is 2.68. The predicted octanol–water partition coefficient (Wildman–Crippen LogP) is 0.459. The van der Waals surface area contributed by atoms with Gasteiger partial charge in [0, 0.05) is 19.7 Å². The Bertz CT molecular complexity index is 544. The summed E-state index contributed by atoms with van der Waals surface area (Å²) < 4.78 is 1.52. The Morgan fingerprint density at radius 3 is 2.60 bits per heavy atom. The van der Waals surface area contributed by atoms with Crippen LogP contribution in [-0.2, 0) is 6.54 Å². The summed E-state index contributed by atoms with van der Waals surface area (Å²) in [6.07, 6.45) is 2.07. The lowest BCUT2D eigenvalue weighted by Crippen LogP contribution is -2.35. The van der Waals surface area contributed by atoms with Gasteiger partial charge in [0.2, 0.25) is 0 Å². The molecule has 0 atom stereocenters. The van der Waals surface area contributed by atoms with Gasteiger partial charge in [0.1, 0.15) is 17.5 Å². The van der Waals surface area contributed by atoms with Crippen LogP contribution in [-0.4, -0.2) is 34.6 Å². The molecule has 1 aliphatic rings. The number of anilines is 2. The molecule has 0 spiro atoms. The first kappa shape index (κ1) is 14.2. The summed E-state index contributed by atoms with van der Waals surface area (Å²) in [5.74, 6) is 1.25. The number of aryl methyl sites for hydroxylation is 1. The van der Waals surface area contributed by atoms with Crippen molar-refractivity contribution in [2.24, 2.45) is 5.92 Å². The Labute approximate surface area is 117 Å². The first-order chi connectivity index (χ1) is 9.71. The summed E-state index contributed by atoms with van der Waals surface area (Å²) in [6.45, 7) is 2.12. The molecule has 0 unspecified atom stereocenters. The molecule has 106 valence electrons. The van der Waals surface area contributed by atoms with Crippen LogP contribution in [0.3, 0.4) is 0 Å². The molecule has 0 amide bonds. The third-order valence-electron chi connectivity index (χ3n) is 3.69. The zero-order valence-corrected chi connectivity index (χ0v) is 11.3. The predicted molar refractivity (Wildman–Crippen MR) is 73.6 cm³/mol. The van der Waals surface area contributed by atoms with E-state index in [0.717, 1.165) is 25.9 Å². The highest BCUT2D eigenvalue weighted by Crippen LogP contribution is 2.28. The Morgan fingerprint density at radius 2 is 2.05 bits per heavy atom. The van der Waals surface area contributed by atoms with E-state index in [2.05, 4.69) is 11.2 Å². The molecule has 0 bridgehead atoms. The van der Waals surface area contributed by atoms with E-state index in [-0.39, 0.29) is 6.61 Å². The summed E-state index contributed by atoms with van der Waals surface area (Å²) in [5.41, 5.74) is 6.30. The molecule has 2 heterocycles. The maximum atomic E-state index is 9.25. The molecule has 1 fully saturated rings. The number of nitrogens with two attached hydrogens (primary N) is 1. The topological polar surface area (TPSA) is 115 Å². The number of nitrogens with zero attached hydrogens (tertiary/aromatic N) is 5. The van der Waals surface area contributed by atoms with Gasteiger partial charge >= 0.3 is 0 Å². The normalized spacial score (nSPS) is 15.8. The minimum absolute atomic E-state index is 0.206. The molecular formula is C13H18N6O. The SMILES string of the molecule is N#CCCn1nc(N2CCC(CO)CC2)c(C#N)c1N. The van der Waals surface area contributed by atoms with Crippen LogP contribution in [0.5, 0.6) is 0 Å². The van der Waals surface area contributed by atoms with E-state index < -0.39 is 0 Å². The molecule has 7 heteroatoms. The summed E-state index contributed by atoms with van der Waals surface area (Å²) in [6, 6.07) is 4.14. The lowest BCUT2D eigenvalue weighted by atomic mass is 9.98. The average molecular weight is 274 g/mol. The van der Waals surface area contributed by atoms with Crippen LogP contribution in [0.1, 0.15) is 24.8 Å². The molecular weight excluding hydrogens is 256 g/mol. The first-order valence-corrected chi connectivity index (χ1v) is 6.70. The summed E-state index contributed by atoms with van der Waals surface area (Å²) in [7, 11) is 0. The van der Waals surface area contributed by atoms with Crippen LogP contribution in [0.15, 0.2) is 0 Å². The lowest BCUT2D eigenvalue weighted by molar-refractivity contribution is 0.202. The molecule has 20 heavy (non-hydrogen) atoms. The van der Waals surface area contributed by atoms with Crippen molar-refractivity contribution in [3.8, 4) is 12.1 Å². The fraction of sp³-hybridized carbons (Fsp3) is 0.615. The highest BCUT2D eigenvalue weighted by Gasteiger charge is 2.25. The minimum atomic E-state index is 0.206. The fourth-order valence-corrected chi connectivity index (χ4v) is 2.44. The van der Waals surface area contributed by atoms with Crippen LogP contribution in [0, 0.1) is 28.6 Å². The number of rotatable bonds is 4. The van der Waals surface area contributed by atoms with E-state index in [1.165, 1.54) is 4.68 Å². The van der Waals surface area contributed by atoms with Gasteiger partial charge in [-0.15, -0.1) is 0 Å². The van der Waals surface area contributed by atoms with Crippen LogP contribution in [0.25, 0.3) is 0 Å². The number of aliphatic hydroxyl groups excluding tert-OH is 1. The zero-order chi connectivity index (χ0) is 14.5. The number of nitriles is 2. The van der Waals surface area contributed by atoms with Gasteiger partial charge in [-0.2, -0.15) is 15.6 Å². The molecule has 7 nitrogen and oxygen atoms in total. The summed E-state index contributed by atoms with van der Waals surface area (Å²) in [5, 5.41) is 31.4. The smallest absolute Gasteiger partial charge is 0.170 e. The van der Waals surface area contributed by atoms with E-state index in [1.54, 1.807) is 0 Å². The second kappa shape index (κ2) is 6.27. The van der Waals surface area contributed by atoms with Crippen molar-refractivity contribution < 1.29 is 5.11 Å². The van der Waals surface area contributed by atoms with E-state index in [0.29, 0.717) is 36.1 Å². The van der Waals surface area contributed by atoms with E-state index in [1.807, 2.05) is 11.0 Å². The van der Waals surface area contributed by atoms with Gasteiger partial charge in [0.25, 0.3) is 0 Å².